The molecule has 21 heavy (non-hydrogen) atoms. The van der Waals surface area contributed by atoms with Crippen LogP contribution in [0, 0.1) is 0 Å². The molecule has 5 nitrogen and oxygen atoms in total. The average Bonchev–Trinajstić information content (AvgIpc) is 2.84. The Morgan fingerprint density at radius 2 is 2.33 bits per heavy atom. The zero-order chi connectivity index (χ0) is 15.2. The molecule has 1 saturated heterocycles. The number of thioether (sulfide) groups is 1. The molecule has 1 aromatic carbocycles. The second kappa shape index (κ2) is 7.56. The van der Waals surface area contributed by atoms with Crippen molar-refractivity contribution in [3.05, 3.63) is 29.3 Å². The van der Waals surface area contributed by atoms with Crippen molar-refractivity contribution in [2.75, 3.05) is 38.4 Å². The minimum Gasteiger partial charge on any atom is -0.492 e. The van der Waals surface area contributed by atoms with E-state index in [1.165, 1.54) is 11.8 Å². The minimum atomic E-state index is -0.0828. The number of likely N-dealkylation sites (N-methyl/N-ethyl adjacent to an activating group) is 1. The molecule has 2 rings (SSSR count). The van der Waals surface area contributed by atoms with Crippen molar-refractivity contribution in [1.82, 2.24) is 9.80 Å². The Balaban J connectivity index is 1.72. The molecule has 0 aliphatic carbocycles. The summed E-state index contributed by atoms with van der Waals surface area (Å²) in [6.45, 7) is 0.977. The van der Waals surface area contributed by atoms with E-state index in [0.717, 1.165) is 0 Å². The van der Waals surface area contributed by atoms with Gasteiger partial charge in [-0.1, -0.05) is 17.7 Å². The van der Waals surface area contributed by atoms with Crippen LogP contribution >= 0.6 is 23.4 Å². The maximum atomic E-state index is 12.0. The Morgan fingerprint density at radius 1 is 1.52 bits per heavy atom. The van der Waals surface area contributed by atoms with Gasteiger partial charge in [-0.05, 0) is 18.2 Å². The molecular weight excluding hydrogens is 312 g/mol. The van der Waals surface area contributed by atoms with Gasteiger partial charge in [0.2, 0.25) is 11.8 Å². The van der Waals surface area contributed by atoms with E-state index >= 15 is 0 Å². The van der Waals surface area contributed by atoms with Crippen molar-refractivity contribution < 1.29 is 14.3 Å². The number of amides is 2. The van der Waals surface area contributed by atoms with Crippen molar-refractivity contribution >= 4 is 35.2 Å². The molecule has 0 N–H and O–H groups in total. The molecule has 7 heteroatoms. The van der Waals surface area contributed by atoms with Gasteiger partial charge in [-0.2, -0.15) is 0 Å². The van der Waals surface area contributed by atoms with Crippen LogP contribution in [0.15, 0.2) is 24.3 Å². The predicted molar refractivity (Wildman–Crippen MR) is 83.6 cm³/mol. The highest BCUT2D eigenvalue weighted by molar-refractivity contribution is 8.00. The van der Waals surface area contributed by atoms with Gasteiger partial charge in [-0.15, -0.1) is 11.8 Å². The quantitative estimate of drug-likeness (QED) is 0.797. The lowest BCUT2D eigenvalue weighted by Crippen LogP contribution is -2.40. The number of halogens is 1. The van der Waals surface area contributed by atoms with Crippen LogP contribution in [0.1, 0.15) is 0 Å². The molecule has 1 heterocycles. The molecule has 0 saturated carbocycles. The Bertz CT molecular complexity index is 527. The molecule has 0 atom stereocenters. The lowest BCUT2D eigenvalue weighted by molar-refractivity contribution is -0.137. The summed E-state index contributed by atoms with van der Waals surface area (Å²) in [6.07, 6.45) is 0. The van der Waals surface area contributed by atoms with Crippen LogP contribution in [0.2, 0.25) is 5.02 Å². The number of carbonyl (C=O) groups excluding carboxylic acids is 2. The largest absolute Gasteiger partial charge is 0.492 e. The van der Waals surface area contributed by atoms with Gasteiger partial charge in [-0.3, -0.25) is 9.59 Å². The SMILES string of the molecule is CN(CCOc1cccc(Cl)c1)C(=O)CN1CSCC1=O. The van der Waals surface area contributed by atoms with Crippen LogP contribution in [0.5, 0.6) is 5.75 Å². The normalized spacial score (nSPS) is 14.4. The zero-order valence-corrected chi connectivity index (χ0v) is 13.3. The van der Waals surface area contributed by atoms with Gasteiger partial charge >= 0.3 is 0 Å². The number of benzene rings is 1. The summed E-state index contributed by atoms with van der Waals surface area (Å²) >= 11 is 7.39. The van der Waals surface area contributed by atoms with Crippen LogP contribution in [-0.4, -0.2) is 60.0 Å². The third-order valence-electron chi connectivity index (χ3n) is 3.07. The van der Waals surface area contributed by atoms with Crippen molar-refractivity contribution in [3.63, 3.8) is 0 Å². The number of hydrogen-bond donors (Lipinski definition) is 0. The van der Waals surface area contributed by atoms with E-state index in [1.54, 1.807) is 29.0 Å². The highest BCUT2D eigenvalue weighted by Crippen LogP contribution is 2.17. The maximum Gasteiger partial charge on any atom is 0.242 e. The fourth-order valence-electron chi connectivity index (χ4n) is 1.81. The number of ether oxygens (including phenoxy) is 1. The maximum absolute atomic E-state index is 12.0. The first-order valence-corrected chi connectivity index (χ1v) is 8.07. The molecule has 0 aromatic heterocycles. The third-order valence-corrected chi connectivity index (χ3v) is 4.25. The van der Waals surface area contributed by atoms with E-state index in [9.17, 15) is 9.59 Å². The van der Waals surface area contributed by atoms with Crippen LogP contribution < -0.4 is 4.74 Å². The highest BCUT2D eigenvalue weighted by Gasteiger charge is 2.24. The molecule has 0 radical (unpaired) electrons. The van der Waals surface area contributed by atoms with Gasteiger partial charge in [0.15, 0.2) is 0 Å². The topological polar surface area (TPSA) is 49.9 Å². The molecule has 0 spiro atoms. The molecule has 114 valence electrons. The van der Waals surface area contributed by atoms with Crippen LogP contribution in [0.4, 0.5) is 0 Å². The van der Waals surface area contributed by atoms with E-state index in [2.05, 4.69) is 0 Å². The van der Waals surface area contributed by atoms with Gasteiger partial charge in [0.05, 0.1) is 18.2 Å². The minimum absolute atomic E-state index is 0.0249. The van der Waals surface area contributed by atoms with Gasteiger partial charge in [0, 0.05) is 12.1 Å². The van der Waals surface area contributed by atoms with Gasteiger partial charge in [0.25, 0.3) is 0 Å². The smallest absolute Gasteiger partial charge is 0.242 e. The number of nitrogens with zero attached hydrogens (tertiary/aromatic N) is 2. The average molecular weight is 329 g/mol. The zero-order valence-electron chi connectivity index (χ0n) is 11.8. The number of carbonyl (C=O) groups is 2. The highest BCUT2D eigenvalue weighted by atomic mass is 35.5. The number of hydrogen-bond acceptors (Lipinski definition) is 4. The fraction of sp³-hybridized carbons (Fsp3) is 0.429. The second-order valence-electron chi connectivity index (χ2n) is 4.69. The standard InChI is InChI=1S/C14H17ClN2O3S/c1-16(13(18)8-17-10-21-9-14(17)19)5-6-20-12-4-2-3-11(15)7-12/h2-4,7H,5-6,8-10H2,1H3. The molecule has 0 bridgehead atoms. The lowest BCUT2D eigenvalue weighted by atomic mass is 10.3. The summed E-state index contributed by atoms with van der Waals surface area (Å²) in [5.74, 6) is 1.68. The summed E-state index contributed by atoms with van der Waals surface area (Å²) < 4.78 is 5.54. The Kier molecular flexibility index (Phi) is 5.76. The first-order valence-electron chi connectivity index (χ1n) is 6.54. The first kappa shape index (κ1) is 16.0. The van der Waals surface area contributed by atoms with Crippen molar-refractivity contribution in [1.29, 1.82) is 0 Å². The number of rotatable bonds is 6. The summed E-state index contributed by atoms with van der Waals surface area (Å²) in [5.41, 5.74) is 0. The van der Waals surface area contributed by atoms with E-state index in [-0.39, 0.29) is 18.4 Å². The molecular formula is C14H17ClN2O3S. The third kappa shape index (κ3) is 4.82. The summed E-state index contributed by atoms with van der Waals surface area (Å²) in [6, 6.07) is 7.12. The summed E-state index contributed by atoms with van der Waals surface area (Å²) in [4.78, 5) is 26.6. The summed E-state index contributed by atoms with van der Waals surface area (Å²) in [7, 11) is 1.71. The van der Waals surface area contributed by atoms with Crippen molar-refractivity contribution in [3.8, 4) is 5.75 Å². The second-order valence-corrected chi connectivity index (χ2v) is 6.08. The van der Waals surface area contributed by atoms with Crippen molar-refractivity contribution in [2.45, 2.75) is 0 Å². The predicted octanol–water partition coefficient (Wildman–Crippen LogP) is 1.71. The van der Waals surface area contributed by atoms with Crippen LogP contribution in [0.3, 0.4) is 0 Å². The molecule has 1 aliphatic heterocycles. The van der Waals surface area contributed by atoms with Crippen molar-refractivity contribution in [2.24, 2.45) is 0 Å². The van der Waals surface area contributed by atoms with E-state index < -0.39 is 0 Å². The molecule has 1 fully saturated rings. The summed E-state index contributed by atoms with van der Waals surface area (Å²) in [5, 5.41) is 0.613. The van der Waals surface area contributed by atoms with Crippen LogP contribution in [-0.2, 0) is 9.59 Å². The van der Waals surface area contributed by atoms with Crippen LogP contribution in [0.25, 0.3) is 0 Å². The monoisotopic (exact) mass is 328 g/mol. The van der Waals surface area contributed by atoms with E-state index in [1.807, 2.05) is 12.1 Å². The first-order chi connectivity index (χ1) is 10.1. The molecule has 1 aromatic rings. The Morgan fingerprint density at radius 3 is 3.00 bits per heavy atom. The van der Waals surface area contributed by atoms with Gasteiger partial charge < -0.3 is 14.5 Å². The lowest BCUT2D eigenvalue weighted by Gasteiger charge is -2.21. The van der Waals surface area contributed by atoms with E-state index in [0.29, 0.717) is 35.6 Å². The van der Waals surface area contributed by atoms with Gasteiger partial charge in [0.1, 0.15) is 18.9 Å². The molecule has 2 amide bonds. The van der Waals surface area contributed by atoms with Gasteiger partial charge in [-0.25, -0.2) is 0 Å². The Hall–Kier alpha value is -1.40. The molecule has 1 aliphatic rings. The van der Waals surface area contributed by atoms with E-state index in [4.69, 9.17) is 16.3 Å². The fourth-order valence-corrected chi connectivity index (χ4v) is 2.89. The Labute approximate surface area is 133 Å². The molecule has 0 unspecified atom stereocenters.